The molecule has 1 aliphatic carbocycles. The zero-order chi connectivity index (χ0) is 18.8. The molecule has 0 radical (unpaired) electrons. The molecule has 7 heteroatoms. The molecule has 0 bridgehead atoms. The van der Waals surface area contributed by atoms with E-state index in [4.69, 9.17) is 4.74 Å². The van der Waals surface area contributed by atoms with E-state index < -0.39 is 30.2 Å². The Morgan fingerprint density at radius 1 is 1.12 bits per heavy atom. The Bertz CT molecular complexity index is 721. The summed E-state index contributed by atoms with van der Waals surface area (Å²) >= 11 is 0. The third-order valence-electron chi connectivity index (χ3n) is 5.12. The van der Waals surface area contributed by atoms with Crippen molar-refractivity contribution in [3.8, 4) is 0 Å². The Morgan fingerprint density at radius 3 is 2.19 bits per heavy atom. The molecule has 3 rings (SSSR count). The van der Waals surface area contributed by atoms with Crippen LogP contribution in [0.3, 0.4) is 0 Å². The number of carbonyl (C=O) groups excluding carboxylic acids is 4. The number of benzene rings is 1. The second kappa shape index (κ2) is 7.35. The van der Waals surface area contributed by atoms with E-state index >= 15 is 0 Å². The van der Waals surface area contributed by atoms with Crippen molar-refractivity contribution in [3.05, 3.63) is 35.6 Å². The fourth-order valence-corrected chi connectivity index (χ4v) is 3.65. The number of rotatable bonds is 5. The van der Waals surface area contributed by atoms with E-state index in [1.54, 1.807) is 0 Å². The molecule has 1 aliphatic heterocycles. The molecular weight excluding hydrogens is 341 g/mol. The summed E-state index contributed by atoms with van der Waals surface area (Å²) in [6.07, 6.45) is 3.13. The van der Waals surface area contributed by atoms with Crippen molar-refractivity contribution in [1.82, 2.24) is 4.90 Å². The highest BCUT2D eigenvalue weighted by atomic mass is 19.1. The van der Waals surface area contributed by atoms with Crippen molar-refractivity contribution in [1.29, 1.82) is 0 Å². The van der Waals surface area contributed by atoms with Gasteiger partial charge in [-0.05, 0) is 44.0 Å². The van der Waals surface area contributed by atoms with Crippen molar-refractivity contribution in [2.75, 3.05) is 6.61 Å². The molecule has 1 saturated heterocycles. The Morgan fingerprint density at radius 2 is 1.65 bits per heavy atom. The fraction of sp³-hybridized carbons (Fsp3) is 0.474. The van der Waals surface area contributed by atoms with E-state index in [0.717, 1.165) is 29.9 Å². The number of carbonyl (C=O) groups is 4. The predicted molar refractivity (Wildman–Crippen MR) is 88.5 cm³/mol. The number of ether oxygens (including phenoxy) is 1. The smallest absolute Gasteiger partial charge is 0.329 e. The molecule has 2 aliphatic rings. The zero-order valence-corrected chi connectivity index (χ0v) is 14.4. The quantitative estimate of drug-likeness (QED) is 0.456. The van der Waals surface area contributed by atoms with Crippen LogP contribution in [0.5, 0.6) is 0 Å². The molecule has 1 saturated carbocycles. The van der Waals surface area contributed by atoms with E-state index in [1.165, 1.54) is 19.1 Å². The van der Waals surface area contributed by atoms with Gasteiger partial charge in [0, 0.05) is 5.56 Å². The number of esters is 1. The lowest BCUT2D eigenvalue weighted by Crippen LogP contribution is -2.44. The first kappa shape index (κ1) is 18.2. The lowest BCUT2D eigenvalue weighted by atomic mass is 9.81. The number of halogens is 1. The maximum absolute atomic E-state index is 12.9. The molecular formula is C19H20FNO5. The highest BCUT2D eigenvalue weighted by Gasteiger charge is 2.51. The molecule has 6 nitrogen and oxygen atoms in total. The normalized spacial score (nSPS) is 23.5. The molecule has 1 aromatic carbocycles. The van der Waals surface area contributed by atoms with Gasteiger partial charge in [-0.1, -0.05) is 12.8 Å². The number of imide groups is 1. The summed E-state index contributed by atoms with van der Waals surface area (Å²) in [5, 5.41) is 0. The number of amides is 2. The summed E-state index contributed by atoms with van der Waals surface area (Å²) in [7, 11) is 0. The summed E-state index contributed by atoms with van der Waals surface area (Å²) in [6.45, 7) is 0.899. The van der Waals surface area contributed by atoms with Crippen LogP contribution in [0.2, 0.25) is 0 Å². The molecule has 138 valence electrons. The largest absolute Gasteiger partial charge is 0.456 e. The van der Waals surface area contributed by atoms with Gasteiger partial charge in [0.05, 0.1) is 11.8 Å². The zero-order valence-electron chi connectivity index (χ0n) is 14.4. The van der Waals surface area contributed by atoms with Gasteiger partial charge in [0.1, 0.15) is 11.9 Å². The van der Waals surface area contributed by atoms with Gasteiger partial charge in [-0.15, -0.1) is 0 Å². The number of nitrogens with zero attached hydrogens (tertiary/aromatic N) is 1. The summed E-state index contributed by atoms with van der Waals surface area (Å²) in [4.78, 5) is 50.2. The molecule has 0 spiro atoms. The third kappa shape index (κ3) is 3.38. The first-order valence-electron chi connectivity index (χ1n) is 8.72. The van der Waals surface area contributed by atoms with Gasteiger partial charge in [-0.3, -0.25) is 19.3 Å². The minimum Gasteiger partial charge on any atom is -0.456 e. The average molecular weight is 361 g/mol. The van der Waals surface area contributed by atoms with Crippen molar-refractivity contribution in [2.45, 2.75) is 38.6 Å². The third-order valence-corrected chi connectivity index (χ3v) is 5.12. The van der Waals surface area contributed by atoms with Crippen LogP contribution >= 0.6 is 0 Å². The van der Waals surface area contributed by atoms with Gasteiger partial charge < -0.3 is 4.74 Å². The van der Waals surface area contributed by atoms with Crippen molar-refractivity contribution < 1.29 is 28.3 Å². The minimum atomic E-state index is -1.07. The van der Waals surface area contributed by atoms with E-state index in [-0.39, 0.29) is 29.2 Å². The summed E-state index contributed by atoms with van der Waals surface area (Å²) in [5.74, 6) is -3.10. The van der Waals surface area contributed by atoms with Crippen molar-refractivity contribution in [2.24, 2.45) is 11.8 Å². The summed E-state index contributed by atoms with van der Waals surface area (Å²) in [5.41, 5.74) is 0.214. The predicted octanol–water partition coefficient (Wildman–Crippen LogP) is 2.12. The van der Waals surface area contributed by atoms with Crippen LogP contribution < -0.4 is 0 Å². The van der Waals surface area contributed by atoms with Crippen molar-refractivity contribution >= 4 is 23.6 Å². The van der Waals surface area contributed by atoms with Crippen LogP contribution in [0.1, 0.15) is 43.0 Å². The molecule has 0 aromatic heterocycles. The minimum absolute atomic E-state index is 0.214. The first-order chi connectivity index (χ1) is 12.4. The topological polar surface area (TPSA) is 80.8 Å². The maximum Gasteiger partial charge on any atom is 0.329 e. The number of Topliss-reactive ketones (excluding diaryl/α,β-unsaturated/α-hetero) is 1. The Labute approximate surface area is 150 Å². The number of hydrogen-bond acceptors (Lipinski definition) is 5. The highest BCUT2D eigenvalue weighted by Crippen LogP contribution is 2.38. The fourth-order valence-electron chi connectivity index (χ4n) is 3.65. The van der Waals surface area contributed by atoms with Crippen LogP contribution in [-0.4, -0.2) is 41.1 Å². The summed E-state index contributed by atoms with van der Waals surface area (Å²) < 4.78 is 17.9. The Kier molecular flexibility index (Phi) is 5.15. The van der Waals surface area contributed by atoms with Gasteiger partial charge in [0.15, 0.2) is 12.4 Å². The van der Waals surface area contributed by atoms with Crippen LogP contribution in [0.15, 0.2) is 24.3 Å². The van der Waals surface area contributed by atoms with Gasteiger partial charge in [0.25, 0.3) is 0 Å². The van der Waals surface area contributed by atoms with Gasteiger partial charge in [-0.25, -0.2) is 9.18 Å². The standard InChI is InChI=1S/C19H20FNO5/c1-11(21-17(23)14-4-2-3-5-15(14)18(21)24)19(25)26-10-16(22)12-6-8-13(20)9-7-12/h6-9,11,14-15H,2-5,10H2,1H3/t11-,14-,15-/m0/s1. The first-order valence-corrected chi connectivity index (χ1v) is 8.72. The lowest BCUT2D eigenvalue weighted by Gasteiger charge is -2.21. The van der Waals surface area contributed by atoms with Crippen LogP contribution in [0.25, 0.3) is 0 Å². The number of fused-ring (bicyclic) bond motifs is 1. The van der Waals surface area contributed by atoms with Gasteiger partial charge in [-0.2, -0.15) is 0 Å². The summed E-state index contributed by atoms with van der Waals surface area (Å²) in [6, 6.07) is 3.81. The number of ketones is 1. The van der Waals surface area contributed by atoms with Crippen LogP contribution in [0, 0.1) is 17.7 Å². The van der Waals surface area contributed by atoms with E-state index in [2.05, 4.69) is 0 Å². The molecule has 2 amide bonds. The van der Waals surface area contributed by atoms with Crippen LogP contribution in [0.4, 0.5) is 4.39 Å². The molecule has 0 N–H and O–H groups in total. The lowest BCUT2D eigenvalue weighted by molar-refractivity contribution is -0.157. The maximum atomic E-state index is 12.9. The molecule has 2 fully saturated rings. The second-order valence-corrected chi connectivity index (χ2v) is 6.76. The average Bonchev–Trinajstić information content (AvgIpc) is 2.90. The number of hydrogen-bond donors (Lipinski definition) is 0. The van der Waals surface area contributed by atoms with Gasteiger partial charge >= 0.3 is 5.97 Å². The molecule has 1 aromatic rings. The van der Waals surface area contributed by atoms with E-state index in [1.807, 2.05) is 0 Å². The van der Waals surface area contributed by atoms with Crippen molar-refractivity contribution in [3.63, 3.8) is 0 Å². The molecule has 26 heavy (non-hydrogen) atoms. The van der Waals surface area contributed by atoms with E-state index in [9.17, 15) is 23.6 Å². The molecule has 0 unspecified atom stereocenters. The SMILES string of the molecule is C[C@@H](C(=O)OCC(=O)c1ccc(F)cc1)N1C(=O)[C@H]2CCCC[C@@H]2C1=O. The second-order valence-electron chi connectivity index (χ2n) is 6.76. The molecule has 1 heterocycles. The Hall–Kier alpha value is -2.57. The Balaban J connectivity index is 1.61. The van der Waals surface area contributed by atoms with Gasteiger partial charge in [0.2, 0.25) is 11.8 Å². The molecule has 3 atom stereocenters. The number of likely N-dealkylation sites (tertiary alicyclic amines) is 1. The van der Waals surface area contributed by atoms with E-state index in [0.29, 0.717) is 12.8 Å². The van der Waals surface area contributed by atoms with Crippen LogP contribution in [-0.2, 0) is 19.1 Å². The highest BCUT2D eigenvalue weighted by molar-refractivity contribution is 6.08. The monoisotopic (exact) mass is 361 g/mol.